The molecule has 0 amide bonds. The second-order valence-corrected chi connectivity index (χ2v) is 7.30. The standard InChI is InChI=1S/C16H21N7O2S/c1-10(12(3)19-18-4)8-9-11(2)13-6-5-7-14(26(17,24)25)15(13)16-20-22-23-21-16/h7-9H,4-6H2,1-3H3,(H2,17,24,25)(H,20,21,22,23)/b10-8+,11-9?,19-12-. The van der Waals surface area contributed by atoms with Crippen LogP contribution in [0.5, 0.6) is 0 Å². The van der Waals surface area contributed by atoms with E-state index in [0.29, 0.717) is 18.4 Å². The summed E-state index contributed by atoms with van der Waals surface area (Å²) in [7, 11) is -3.92. The highest BCUT2D eigenvalue weighted by Gasteiger charge is 2.28. The first-order valence-corrected chi connectivity index (χ1v) is 9.36. The fraction of sp³-hybridized carbons (Fsp3) is 0.312. The van der Waals surface area contributed by atoms with Crippen LogP contribution in [0.2, 0.25) is 0 Å². The third kappa shape index (κ3) is 4.46. The zero-order chi connectivity index (χ0) is 19.3. The largest absolute Gasteiger partial charge is 0.238 e. The predicted octanol–water partition coefficient (Wildman–Crippen LogP) is 1.89. The Morgan fingerprint density at radius 2 is 2.08 bits per heavy atom. The lowest BCUT2D eigenvalue weighted by atomic mass is 9.91. The number of aromatic amines is 1. The van der Waals surface area contributed by atoms with Gasteiger partial charge in [0.05, 0.1) is 10.6 Å². The Hall–Kier alpha value is -2.72. The van der Waals surface area contributed by atoms with E-state index in [1.54, 1.807) is 6.08 Å². The van der Waals surface area contributed by atoms with Gasteiger partial charge in [0.15, 0.2) is 0 Å². The van der Waals surface area contributed by atoms with Gasteiger partial charge in [-0.1, -0.05) is 18.2 Å². The minimum Gasteiger partial charge on any atom is -0.225 e. The quantitative estimate of drug-likeness (QED) is 0.444. The van der Waals surface area contributed by atoms with Crippen LogP contribution in [0.15, 0.2) is 50.1 Å². The van der Waals surface area contributed by atoms with Crippen molar-refractivity contribution in [2.45, 2.75) is 33.6 Å². The monoisotopic (exact) mass is 375 g/mol. The maximum atomic E-state index is 12.0. The van der Waals surface area contributed by atoms with E-state index in [2.05, 4.69) is 37.5 Å². The Balaban J connectivity index is 2.57. The molecule has 0 saturated carbocycles. The smallest absolute Gasteiger partial charge is 0.225 e. The Labute approximate surface area is 152 Å². The van der Waals surface area contributed by atoms with E-state index >= 15 is 0 Å². The van der Waals surface area contributed by atoms with Gasteiger partial charge in [-0.2, -0.15) is 15.4 Å². The van der Waals surface area contributed by atoms with Crippen molar-refractivity contribution in [2.75, 3.05) is 0 Å². The van der Waals surface area contributed by atoms with Crippen molar-refractivity contribution in [1.82, 2.24) is 20.6 Å². The van der Waals surface area contributed by atoms with Gasteiger partial charge in [-0.05, 0) is 55.5 Å². The molecule has 0 atom stereocenters. The van der Waals surface area contributed by atoms with Crippen molar-refractivity contribution in [3.63, 3.8) is 0 Å². The minimum absolute atomic E-state index is 0.0159. The third-order valence-electron chi connectivity index (χ3n) is 4.00. The van der Waals surface area contributed by atoms with Gasteiger partial charge in [0, 0.05) is 12.3 Å². The third-order valence-corrected chi connectivity index (χ3v) is 4.98. The van der Waals surface area contributed by atoms with Crippen LogP contribution in [0.1, 0.15) is 39.4 Å². The molecule has 0 radical (unpaired) electrons. The number of rotatable bonds is 6. The highest BCUT2D eigenvalue weighted by atomic mass is 32.2. The maximum absolute atomic E-state index is 12.0. The second kappa shape index (κ2) is 8.11. The molecule has 0 spiro atoms. The average molecular weight is 375 g/mol. The summed E-state index contributed by atoms with van der Waals surface area (Å²) >= 11 is 0. The molecule has 0 aliphatic heterocycles. The molecule has 1 aliphatic rings. The molecule has 1 aromatic rings. The Kier molecular flexibility index (Phi) is 6.11. The first-order valence-electron chi connectivity index (χ1n) is 7.82. The molecule has 0 fully saturated rings. The highest BCUT2D eigenvalue weighted by Crippen LogP contribution is 2.36. The highest BCUT2D eigenvalue weighted by molar-refractivity contribution is 7.93. The van der Waals surface area contributed by atoms with E-state index in [-0.39, 0.29) is 10.7 Å². The number of tetrazole rings is 1. The van der Waals surface area contributed by atoms with E-state index in [9.17, 15) is 8.42 Å². The molecule has 2 rings (SSSR count). The summed E-state index contributed by atoms with van der Waals surface area (Å²) in [6, 6.07) is 0. The van der Waals surface area contributed by atoms with E-state index in [1.165, 1.54) is 0 Å². The lowest BCUT2D eigenvalue weighted by Crippen LogP contribution is -2.19. The number of hydrogen-bond donors (Lipinski definition) is 2. The number of allylic oxidation sites excluding steroid dienone is 7. The van der Waals surface area contributed by atoms with Crippen molar-refractivity contribution >= 4 is 28.0 Å². The molecule has 0 saturated heterocycles. The topological polar surface area (TPSA) is 139 Å². The summed E-state index contributed by atoms with van der Waals surface area (Å²) in [5.41, 5.74) is 3.71. The van der Waals surface area contributed by atoms with Gasteiger partial charge in [0.2, 0.25) is 15.8 Å². The Morgan fingerprint density at radius 3 is 2.65 bits per heavy atom. The molecule has 1 heterocycles. The van der Waals surface area contributed by atoms with Crippen LogP contribution in [0.25, 0.3) is 5.57 Å². The number of nitrogens with zero attached hydrogens (tertiary/aromatic N) is 5. The van der Waals surface area contributed by atoms with Gasteiger partial charge >= 0.3 is 0 Å². The van der Waals surface area contributed by atoms with E-state index in [4.69, 9.17) is 5.14 Å². The van der Waals surface area contributed by atoms with E-state index in [1.807, 2.05) is 32.9 Å². The molecule has 26 heavy (non-hydrogen) atoms. The van der Waals surface area contributed by atoms with Gasteiger partial charge in [-0.25, -0.2) is 13.6 Å². The van der Waals surface area contributed by atoms with Gasteiger partial charge in [0.25, 0.3) is 0 Å². The minimum atomic E-state index is -3.92. The summed E-state index contributed by atoms with van der Waals surface area (Å²) in [5, 5.41) is 26.5. The molecule has 1 aromatic heterocycles. The summed E-state index contributed by atoms with van der Waals surface area (Å²) in [4.78, 5) is 0.0159. The van der Waals surface area contributed by atoms with E-state index < -0.39 is 10.0 Å². The average Bonchev–Trinajstić information content (AvgIpc) is 3.12. The number of H-pyrrole nitrogens is 1. The fourth-order valence-electron chi connectivity index (χ4n) is 2.55. The van der Waals surface area contributed by atoms with Crippen LogP contribution < -0.4 is 5.14 Å². The normalized spacial score (nSPS) is 17.4. The molecule has 3 N–H and O–H groups in total. The Morgan fingerprint density at radius 1 is 1.35 bits per heavy atom. The van der Waals surface area contributed by atoms with Crippen molar-refractivity contribution in [1.29, 1.82) is 0 Å². The molecule has 9 nitrogen and oxygen atoms in total. The number of sulfonamides is 1. The van der Waals surface area contributed by atoms with Crippen LogP contribution in [0.3, 0.4) is 0 Å². The van der Waals surface area contributed by atoms with Crippen molar-refractivity contribution in [2.24, 2.45) is 15.3 Å². The first kappa shape index (κ1) is 19.6. The molecular formula is C16H21N7O2S. The SMILES string of the molecule is C=N/N=C(C)\C(C)=C\C=C(C)C1=C(c2nn[nH]n2)C(S(N)(=O)=O)=CCC1. The second-order valence-electron chi connectivity index (χ2n) is 5.77. The number of aromatic nitrogens is 4. The fourth-order valence-corrected chi connectivity index (χ4v) is 3.39. The predicted molar refractivity (Wildman–Crippen MR) is 102 cm³/mol. The molecule has 0 aromatic carbocycles. The lowest BCUT2D eigenvalue weighted by molar-refractivity contribution is 0.604. The van der Waals surface area contributed by atoms with Gasteiger partial charge < -0.3 is 0 Å². The van der Waals surface area contributed by atoms with Gasteiger partial charge in [-0.15, -0.1) is 10.2 Å². The molecule has 138 valence electrons. The van der Waals surface area contributed by atoms with Crippen molar-refractivity contribution < 1.29 is 8.42 Å². The van der Waals surface area contributed by atoms with Gasteiger partial charge in [-0.3, -0.25) is 0 Å². The van der Waals surface area contributed by atoms with Crippen molar-refractivity contribution in [3.8, 4) is 0 Å². The summed E-state index contributed by atoms with van der Waals surface area (Å²) < 4.78 is 24.0. The summed E-state index contributed by atoms with van der Waals surface area (Å²) in [5.74, 6) is 0.196. The summed E-state index contributed by atoms with van der Waals surface area (Å²) in [6.07, 6.45) is 6.55. The van der Waals surface area contributed by atoms with Crippen LogP contribution in [-0.2, 0) is 10.0 Å². The van der Waals surface area contributed by atoms with Crippen molar-refractivity contribution in [3.05, 3.63) is 45.7 Å². The maximum Gasteiger partial charge on any atom is 0.238 e. The van der Waals surface area contributed by atoms with Crippen LogP contribution in [-0.4, -0.2) is 41.5 Å². The Bertz CT molecular complexity index is 949. The number of primary sulfonamides is 1. The molecule has 1 aliphatic carbocycles. The zero-order valence-corrected chi connectivity index (χ0v) is 15.7. The number of nitrogens with two attached hydrogens (primary N) is 1. The molecule has 10 heteroatoms. The number of nitrogens with one attached hydrogen (secondary N) is 1. The molecule has 0 bridgehead atoms. The van der Waals surface area contributed by atoms with Crippen LogP contribution in [0, 0.1) is 0 Å². The summed E-state index contributed by atoms with van der Waals surface area (Å²) in [6.45, 7) is 8.96. The lowest BCUT2D eigenvalue weighted by Gasteiger charge is -2.19. The van der Waals surface area contributed by atoms with Crippen LogP contribution >= 0.6 is 0 Å². The first-order chi connectivity index (χ1) is 12.3. The number of hydrogen-bond acceptors (Lipinski definition) is 7. The van der Waals surface area contributed by atoms with E-state index in [0.717, 1.165) is 22.4 Å². The molecular weight excluding hydrogens is 354 g/mol. The van der Waals surface area contributed by atoms with Crippen LogP contribution in [0.4, 0.5) is 0 Å². The molecule has 0 unspecified atom stereocenters. The van der Waals surface area contributed by atoms with Gasteiger partial charge in [0.1, 0.15) is 0 Å². The zero-order valence-electron chi connectivity index (χ0n) is 14.9.